The number of rotatable bonds is 9. The summed E-state index contributed by atoms with van der Waals surface area (Å²) in [5, 5.41) is 6.33. The van der Waals surface area contributed by atoms with E-state index in [1.54, 1.807) is 14.2 Å². The maximum Gasteiger partial charge on any atom is 0.228 e. The van der Waals surface area contributed by atoms with E-state index in [2.05, 4.69) is 22.8 Å². The second-order valence-electron chi connectivity index (χ2n) is 6.68. The monoisotopic (exact) mass is 390 g/mol. The van der Waals surface area contributed by atoms with Crippen molar-refractivity contribution in [2.45, 2.75) is 12.8 Å². The van der Waals surface area contributed by atoms with Crippen molar-refractivity contribution in [1.82, 2.24) is 0 Å². The zero-order chi connectivity index (χ0) is 20.5. The summed E-state index contributed by atoms with van der Waals surface area (Å²) >= 11 is 0. The summed E-state index contributed by atoms with van der Waals surface area (Å²) in [6, 6.07) is 23.3. The molecule has 0 aromatic heterocycles. The predicted molar refractivity (Wildman–Crippen MR) is 117 cm³/mol. The molecule has 0 unspecified atom stereocenters. The SMILES string of the molecule is COc1ccc(CCNc2ccc(NC(=O)Cc3ccc(OC)cc3)cc2)cc1. The molecule has 150 valence electrons. The number of carbonyl (C=O) groups is 1. The summed E-state index contributed by atoms with van der Waals surface area (Å²) in [5.74, 6) is 1.60. The maximum absolute atomic E-state index is 12.2. The zero-order valence-electron chi connectivity index (χ0n) is 16.8. The van der Waals surface area contributed by atoms with Crippen molar-refractivity contribution < 1.29 is 14.3 Å². The largest absolute Gasteiger partial charge is 0.497 e. The Hall–Kier alpha value is -3.47. The van der Waals surface area contributed by atoms with Gasteiger partial charge in [0.25, 0.3) is 0 Å². The van der Waals surface area contributed by atoms with Crippen LogP contribution in [0.1, 0.15) is 11.1 Å². The van der Waals surface area contributed by atoms with Crippen molar-refractivity contribution in [3.05, 3.63) is 83.9 Å². The van der Waals surface area contributed by atoms with Crippen LogP contribution in [0.3, 0.4) is 0 Å². The van der Waals surface area contributed by atoms with Crippen LogP contribution < -0.4 is 20.1 Å². The summed E-state index contributed by atoms with van der Waals surface area (Å²) in [5.41, 5.74) is 4.00. The van der Waals surface area contributed by atoms with Crippen LogP contribution >= 0.6 is 0 Å². The summed E-state index contributed by atoms with van der Waals surface area (Å²) < 4.78 is 10.3. The lowest BCUT2D eigenvalue weighted by molar-refractivity contribution is -0.115. The Bertz CT molecular complexity index is 904. The fourth-order valence-electron chi connectivity index (χ4n) is 2.95. The highest BCUT2D eigenvalue weighted by Gasteiger charge is 2.05. The van der Waals surface area contributed by atoms with Crippen LogP contribution in [-0.4, -0.2) is 26.7 Å². The van der Waals surface area contributed by atoms with Crippen molar-refractivity contribution in [1.29, 1.82) is 0 Å². The number of anilines is 2. The molecule has 5 heteroatoms. The van der Waals surface area contributed by atoms with Gasteiger partial charge in [0, 0.05) is 17.9 Å². The van der Waals surface area contributed by atoms with Gasteiger partial charge in [0.15, 0.2) is 0 Å². The van der Waals surface area contributed by atoms with Gasteiger partial charge in [-0.2, -0.15) is 0 Å². The molecule has 0 fully saturated rings. The molecule has 0 aliphatic carbocycles. The van der Waals surface area contributed by atoms with Crippen LogP contribution in [0.4, 0.5) is 11.4 Å². The normalized spacial score (nSPS) is 10.3. The molecule has 0 radical (unpaired) electrons. The Morgan fingerprint density at radius 3 is 1.79 bits per heavy atom. The number of methoxy groups -OCH3 is 2. The molecule has 5 nitrogen and oxygen atoms in total. The van der Waals surface area contributed by atoms with Crippen LogP contribution in [0, 0.1) is 0 Å². The smallest absolute Gasteiger partial charge is 0.228 e. The third kappa shape index (κ3) is 6.28. The number of amides is 1. The first kappa shape index (κ1) is 20.3. The van der Waals surface area contributed by atoms with Crippen LogP contribution in [0.15, 0.2) is 72.8 Å². The molecule has 0 heterocycles. The van der Waals surface area contributed by atoms with Crippen LogP contribution in [0.5, 0.6) is 11.5 Å². The zero-order valence-corrected chi connectivity index (χ0v) is 16.8. The van der Waals surface area contributed by atoms with Gasteiger partial charge >= 0.3 is 0 Å². The second-order valence-corrected chi connectivity index (χ2v) is 6.68. The topological polar surface area (TPSA) is 59.6 Å². The predicted octanol–water partition coefficient (Wildman–Crippen LogP) is 4.54. The standard InChI is InChI=1S/C24H26N2O3/c1-28-22-11-3-18(4-12-22)15-16-25-20-7-9-21(10-8-20)26-24(27)17-19-5-13-23(29-2)14-6-19/h3-14,25H,15-17H2,1-2H3,(H,26,27). The van der Waals surface area contributed by atoms with Crippen LogP contribution in [0.25, 0.3) is 0 Å². The van der Waals surface area contributed by atoms with E-state index < -0.39 is 0 Å². The highest BCUT2D eigenvalue weighted by molar-refractivity contribution is 5.92. The van der Waals surface area contributed by atoms with Gasteiger partial charge in [-0.25, -0.2) is 0 Å². The number of hydrogen-bond acceptors (Lipinski definition) is 4. The maximum atomic E-state index is 12.2. The molecular weight excluding hydrogens is 364 g/mol. The molecule has 0 aliphatic heterocycles. The number of nitrogens with one attached hydrogen (secondary N) is 2. The van der Waals surface area contributed by atoms with E-state index in [0.717, 1.165) is 41.4 Å². The molecule has 3 aromatic rings. The van der Waals surface area contributed by atoms with Gasteiger partial charge in [0.05, 0.1) is 20.6 Å². The fraction of sp³-hybridized carbons (Fsp3) is 0.208. The second kappa shape index (κ2) is 10.2. The van der Waals surface area contributed by atoms with Gasteiger partial charge in [-0.15, -0.1) is 0 Å². The van der Waals surface area contributed by atoms with Crippen molar-refractivity contribution in [3.63, 3.8) is 0 Å². The summed E-state index contributed by atoms with van der Waals surface area (Å²) in [6.45, 7) is 0.829. The number of carbonyl (C=O) groups excluding carboxylic acids is 1. The van der Waals surface area contributed by atoms with E-state index in [1.165, 1.54) is 5.56 Å². The van der Waals surface area contributed by atoms with E-state index in [-0.39, 0.29) is 5.91 Å². The van der Waals surface area contributed by atoms with Crippen molar-refractivity contribution in [2.75, 3.05) is 31.4 Å². The Kier molecular flexibility index (Phi) is 7.11. The van der Waals surface area contributed by atoms with E-state index >= 15 is 0 Å². The molecule has 0 aliphatic rings. The van der Waals surface area contributed by atoms with Crippen molar-refractivity contribution >= 4 is 17.3 Å². The van der Waals surface area contributed by atoms with Gasteiger partial charge in [0.2, 0.25) is 5.91 Å². The highest BCUT2D eigenvalue weighted by Crippen LogP contribution is 2.16. The lowest BCUT2D eigenvalue weighted by Gasteiger charge is -2.09. The minimum absolute atomic E-state index is 0.0459. The van der Waals surface area contributed by atoms with E-state index in [4.69, 9.17) is 9.47 Å². The molecule has 2 N–H and O–H groups in total. The minimum Gasteiger partial charge on any atom is -0.497 e. The molecule has 0 atom stereocenters. The van der Waals surface area contributed by atoms with Gasteiger partial charge in [-0.1, -0.05) is 24.3 Å². The molecule has 29 heavy (non-hydrogen) atoms. The number of ether oxygens (including phenoxy) is 2. The van der Waals surface area contributed by atoms with Crippen molar-refractivity contribution in [2.24, 2.45) is 0 Å². The van der Waals surface area contributed by atoms with Gasteiger partial charge < -0.3 is 20.1 Å². The molecule has 0 bridgehead atoms. The van der Waals surface area contributed by atoms with Crippen LogP contribution in [0.2, 0.25) is 0 Å². The Morgan fingerprint density at radius 1 is 0.724 bits per heavy atom. The third-order valence-corrected chi connectivity index (χ3v) is 4.59. The highest BCUT2D eigenvalue weighted by atomic mass is 16.5. The van der Waals surface area contributed by atoms with E-state index in [1.807, 2.05) is 60.7 Å². The van der Waals surface area contributed by atoms with Gasteiger partial charge in [0.1, 0.15) is 11.5 Å². The van der Waals surface area contributed by atoms with E-state index in [9.17, 15) is 4.79 Å². The first-order valence-corrected chi connectivity index (χ1v) is 9.56. The average Bonchev–Trinajstić information content (AvgIpc) is 2.76. The summed E-state index contributed by atoms with van der Waals surface area (Å²) in [7, 11) is 3.29. The number of hydrogen-bond donors (Lipinski definition) is 2. The molecule has 0 spiro atoms. The molecule has 3 rings (SSSR count). The Labute approximate surface area is 171 Å². The lowest BCUT2D eigenvalue weighted by atomic mass is 10.1. The summed E-state index contributed by atoms with van der Waals surface area (Å²) in [6.07, 6.45) is 1.25. The molecule has 0 saturated heterocycles. The van der Waals surface area contributed by atoms with Crippen LogP contribution in [-0.2, 0) is 17.6 Å². The Morgan fingerprint density at radius 2 is 1.24 bits per heavy atom. The molecule has 3 aromatic carbocycles. The third-order valence-electron chi connectivity index (χ3n) is 4.59. The molecule has 0 saturated carbocycles. The average molecular weight is 390 g/mol. The minimum atomic E-state index is -0.0459. The quantitative estimate of drug-likeness (QED) is 0.563. The van der Waals surface area contributed by atoms with E-state index in [0.29, 0.717) is 6.42 Å². The summed E-state index contributed by atoms with van der Waals surface area (Å²) in [4.78, 5) is 12.2. The van der Waals surface area contributed by atoms with Gasteiger partial charge in [-0.05, 0) is 66.1 Å². The fourth-order valence-corrected chi connectivity index (χ4v) is 2.95. The van der Waals surface area contributed by atoms with Gasteiger partial charge in [-0.3, -0.25) is 4.79 Å². The first-order chi connectivity index (χ1) is 14.2. The Balaban J connectivity index is 1.44. The molecular formula is C24H26N2O3. The first-order valence-electron chi connectivity index (χ1n) is 9.56. The number of benzene rings is 3. The lowest BCUT2D eigenvalue weighted by Crippen LogP contribution is -2.14. The molecule has 1 amide bonds. The van der Waals surface area contributed by atoms with Crippen molar-refractivity contribution in [3.8, 4) is 11.5 Å².